The third kappa shape index (κ3) is 5.83. The normalized spacial score (nSPS) is 11.5. The fraction of sp³-hybridized carbons (Fsp3) is 0.304. The minimum atomic E-state index is -4.35. The molecular formula is C23H22F3NO3S2. The van der Waals surface area contributed by atoms with Gasteiger partial charge in [-0.05, 0) is 56.2 Å². The fourth-order valence-corrected chi connectivity index (χ4v) is 5.35. The largest absolute Gasteiger partial charge is 0.481 e. The Morgan fingerprint density at radius 2 is 1.72 bits per heavy atom. The molecule has 1 heterocycles. The van der Waals surface area contributed by atoms with Crippen molar-refractivity contribution in [3.8, 4) is 16.3 Å². The number of aromatic nitrogens is 1. The number of alkyl halides is 3. The number of thioether (sulfide) groups is 1. The molecule has 170 valence electrons. The molecule has 0 unspecified atom stereocenters. The zero-order valence-corrected chi connectivity index (χ0v) is 19.6. The average molecular weight is 482 g/mol. The number of nitrogens with zero attached hydrogens (tertiary/aromatic N) is 1. The number of esters is 1. The predicted octanol–water partition coefficient (Wildman–Crippen LogP) is 6.60. The summed E-state index contributed by atoms with van der Waals surface area (Å²) in [7, 11) is 1.32. The van der Waals surface area contributed by atoms with E-state index < -0.39 is 17.7 Å². The molecule has 0 aliphatic heterocycles. The highest BCUT2D eigenvalue weighted by molar-refractivity contribution is 7.98. The highest BCUT2D eigenvalue weighted by Crippen LogP contribution is 2.36. The molecule has 0 N–H and O–H groups in total. The quantitative estimate of drug-likeness (QED) is 0.281. The number of halogens is 3. The lowest BCUT2D eigenvalue weighted by atomic mass is 10.1. The number of aryl methyl sites for hydroxylation is 3. The predicted molar refractivity (Wildman–Crippen MR) is 120 cm³/mol. The molecule has 9 heteroatoms. The fourth-order valence-electron chi connectivity index (χ4n) is 3.05. The van der Waals surface area contributed by atoms with E-state index in [2.05, 4.69) is 9.72 Å². The van der Waals surface area contributed by atoms with Crippen LogP contribution in [0.2, 0.25) is 0 Å². The molecule has 3 rings (SSSR count). The first-order chi connectivity index (χ1) is 15.1. The van der Waals surface area contributed by atoms with Gasteiger partial charge in [-0.2, -0.15) is 13.2 Å². The van der Waals surface area contributed by atoms with Gasteiger partial charge in [0.15, 0.2) is 6.61 Å². The Kier molecular flexibility index (Phi) is 7.51. The van der Waals surface area contributed by atoms with Crippen molar-refractivity contribution in [1.29, 1.82) is 0 Å². The first-order valence-electron chi connectivity index (χ1n) is 9.66. The standard InChI is InChI=1S/C23H22F3NO3S2/c1-13-9-18(10-14(2)21(13)30-11-20(28)29-4)31-12-19-15(3)27-22(32-19)16-5-7-17(8-6-16)23(24,25)26/h5-10H,11-12H2,1-4H3. The Labute approximate surface area is 192 Å². The summed E-state index contributed by atoms with van der Waals surface area (Å²) in [6.07, 6.45) is -4.35. The highest BCUT2D eigenvalue weighted by atomic mass is 32.2. The molecule has 2 aromatic carbocycles. The van der Waals surface area contributed by atoms with Gasteiger partial charge in [0.2, 0.25) is 0 Å². The van der Waals surface area contributed by atoms with E-state index in [1.54, 1.807) is 11.8 Å². The van der Waals surface area contributed by atoms with E-state index in [1.165, 1.54) is 30.6 Å². The summed E-state index contributed by atoms with van der Waals surface area (Å²) in [6.45, 7) is 5.60. The molecule has 0 fully saturated rings. The molecule has 4 nitrogen and oxygen atoms in total. The highest BCUT2D eigenvalue weighted by Gasteiger charge is 2.30. The number of rotatable bonds is 7. The lowest BCUT2D eigenvalue weighted by Crippen LogP contribution is -2.13. The van der Waals surface area contributed by atoms with Crippen molar-refractivity contribution >= 4 is 29.1 Å². The monoisotopic (exact) mass is 481 g/mol. The summed E-state index contributed by atoms with van der Waals surface area (Å²) in [5.41, 5.74) is 2.70. The summed E-state index contributed by atoms with van der Waals surface area (Å²) < 4.78 is 48.5. The Balaban J connectivity index is 1.70. The van der Waals surface area contributed by atoms with Crippen molar-refractivity contribution in [2.24, 2.45) is 0 Å². The van der Waals surface area contributed by atoms with Gasteiger partial charge >= 0.3 is 12.1 Å². The van der Waals surface area contributed by atoms with Gasteiger partial charge < -0.3 is 9.47 Å². The van der Waals surface area contributed by atoms with Crippen LogP contribution in [0.1, 0.15) is 27.3 Å². The van der Waals surface area contributed by atoms with Crippen molar-refractivity contribution in [1.82, 2.24) is 4.98 Å². The van der Waals surface area contributed by atoms with Crippen molar-refractivity contribution < 1.29 is 27.4 Å². The van der Waals surface area contributed by atoms with Crippen LogP contribution >= 0.6 is 23.1 Å². The van der Waals surface area contributed by atoms with Gasteiger partial charge in [-0.25, -0.2) is 9.78 Å². The number of carbonyl (C=O) groups is 1. The molecular weight excluding hydrogens is 459 g/mol. The van der Waals surface area contributed by atoms with Crippen LogP contribution in [-0.4, -0.2) is 24.7 Å². The first kappa shape index (κ1) is 24.1. The van der Waals surface area contributed by atoms with E-state index in [9.17, 15) is 18.0 Å². The third-order valence-corrected chi connectivity index (χ3v) is 7.11. The molecule has 0 aliphatic carbocycles. The van der Waals surface area contributed by atoms with Gasteiger partial charge in [0.25, 0.3) is 0 Å². The Morgan fingerprint density at radius 1 is 1.09 bits per heavy atom. The Morgan fingerprint density at radius 3 is 2.28 bits per heavy atom. The van der Waals surface area contributed by atoms with Crippen LogP contribution in [0, 0.1) is 20.8 Å². The maximum atomic E-state index is 12.8. The van der Waals surface area contributed by atoms with Gasteiger partial charge in [0.1, 0.15) is 10.8 Å². The van der Waals surface area contributed by atoms with Gasteiger partial charge in [-0.15, -0.1) is 23.1 Å². The van der Waals surface area contributed by atoms with Crippen molar-refractivity contribution in [2.75, 3.05) is 13.7 Å². The number of ether oxygens (including phenoxy) is 2. The number of benzene rings is 2. The van der Waals surface area contributed by atoms with Crippen LogP contribution in [0.25, 0.3) is 10.6 Å². The minimum Gasteiger partial charge on any atom is -0.481 e. The molecule has 0 bridgehead atoms. The molecule has 0 atom stereocenters. The number of methoxy groups -OCH3 is 1. The zero-order valence-electron chi connectivity index (χ0n) is 18.0. The van der Waals surface area contributed by atoms with Crippen LogP contribution in [0.4, 0.5) is 13.2 Å². The molecule has 1 aromatic heterocycles. The van der Waals surface area contributed by atoms with E-state index in [0.717, 1.165) is 38.7 Å². The van der Waals surface area contributed by atoms with Crippen molar-refractivity contribution in [3.63, 3.8) is 0 Å². The van der Waals surface area contributed by atoms with Crippen molar-refractivity contribution in [3.05, 3.63) is 63.7 Å². The topological polar surface area (TPSA) is 48.4 Å². The molecule has 3 aromatic rings. The van der Waals surface area contributed by atoms with Crippen LogP contribution in [0.5, 0.6) is 5.75 Å². The number of thiazole rings is 1. The second-order valence-corrected chi connectivity index (χ2v) is 9.27. The van der Waals surface area contributed by atoms with E-state index >= 15 is 0 Å². The van der Waals surface area contributed by atoms with Gasteiger partial charge in [0.05, 0.1) is 18.4 Å². The number of hydrogen-bond donors (Lipinski definition) is 0. The maximum Gasteiger partial charge on any atom is 0.416 e. The second kappa shape index (κ2) is 9.95. The molecule has 0 radical (unpaired) electrons. The first-order valence-corrected chi connectivity index (χ1v) is 11.5. The molecule has 0 spiro atoms. The molecule has 32 heavy (non-hydrogen) atoms. The smallest absolute Gasteiger partial charge is 0.416 e. The molecule has 0 saturated carbocycles. The van der Waals surface area contributed by atoms with Gasteiger partial charge in [0, 0.05) is 21.1 Å². The summed E-state index contributed by atoms with van der Waals surface area (Å²) in [6, 6.07) is 9.07. The number of hydrogen-bond acceptors (Lipinski definition) is 6. The Bertz CT molecular complexity index is 1090. The van der Waals surface area contributed by atoms with Crippen LogP contribution in [0.15, 0.2) is 41.3 Å². The van der Waals surface area contributed by atoms with E-state index in [4.69, 9.17) is 4.74 Å². The lowest BCUT2D eigenvalue weighted by Gasteiger charge is -2.13. The van der Waals surface area contributed by atoms with E-state index in [1.807, 2.05) is 32.9 Å². The summed E-state index contributed by atoms with van der Waals surface area (Å²) >= 11 is 3.12. The third-order valence-electron chi connectivity index (χ3n) is 4.72. The zero-order chi connectivity index (χ0) is 23.5. The van der Waals surface area contributed by atoms with Gasteiger partial charge in [-0.3, -0.25) is 0 Å². The van der Waals surface area contributed by atoms with Crippen molar-refractivity contribution in [2.45, 2.75) is 37.6 Å². The average Bonchev–Trinajstić information content (AvgIpc) is 3.11. The van der Waals surface area contributed by atoms with Crippen LogP contribution in [0.3, 0.4) is 0 Å². The second-order valence-electron chi connectivity index (χ2n) is 7.14. The van der Waals surface area contributed by atoms with Gasteiger partial charge in [-0.1, -0.05) is 12.1 Å². The molecule has 0 aliphatic rings. The maximum absolute atomic E-state index is 12.8. The SMILES string of the molecule is COC(=O)COc1c(C)cc(SCc2sc(-c3ccc(C(F)(F)F)cc3)nc2C)cc1C. The lowest BCUT2D eigenvalue weighted by molar-refractivity contribution is -0.143. The van der Waals surface area contributed by atoms with Crippen LogP contribution in [-0.2, 0) is 21.5 Å². The van der Waals surface area contributed by atoms with E-state index in [0.29, 0.717) is 22.1 Å². The summed E-state index contributed by atoms with van der Waals surface area (Å²) in [5.74, 6) is 0.913. The molecule has 0 saturated heterocycles. The summed E-state index contributed by atoms with van der Waals surface area (Å²) in [5, 5.41) is 0.700. The minimum absolute atomic E-state index is 0.141. The molecule has 0 amide bonds. The number of carbonyl (C=O) groups excluding carboxylic acids is 1. The summed E-state index contributed by atoms with van der Waals surface area (Å²) in [4.78, 5) is 18.0. The van der Waals surface area contributed by atoms with E-state index in [-0.39, 0.29) is 6.61 Å². The Hall–Kier alpha value is -2.52. The van der Waals surface area contributed by atoms with Crippen LogP contribution < -0.4 is 4.74 Å².